The number of carbonyl (C=O) groups excluding carboxylic acids is 3. The first kappa shape index (κ1) is 20.0. The van der Waals surface area contributed by atoms with Gasteiger partial charge in [-0.15, -0.1) is 0 Å². The first-order valence-corrected chi connectivity index (χ1v) is 8.91. The summed E-state index contributed by atoms with van der Waals surface area (Å²) in [5, 5.41) is 5.53. The van der Waals surface area contributed by atoms with Crippen molar-refractivity contribution in [1.29, 1.82) is 0 Å². The molecule has 0 saturated carbocycles. The molecule has 1 aromatic heterocycles. The molecule has 29 heavy (non-hydrogen) atoms. The van der Waals surface area contributed by atoms with Crippen molar-refractivity contribution in [2.75, 3.05) is 12.4 Å². The first-order valence-electron chi connectivity index (χ1n) is 8.53. The minimum atomic E-state index is -0.759. The third-order valence-corrected chi connectivity index (χ3v) is 4.10. The van der Waals surface area contributed by atoms with Crippen LogP contribution in [0.4, 0.5) is 5.69 Å². The summed E-state index contributed by atoms with van der Waals surface area (Å²) in [4.78, 5) is 40.0. The van der Waals surface area contributed by atoms with Crippen molar-refractivity contribution in [2.24, 2.45) is 0 Å². The Balaban J connectivity index is 1.66. The number of benzene rings is 2. The highest BCUT2D eigenvalue weighted by Gasteiger charge is 2.16. The Labute approximate surface area is 171 Å². The zero-order chi connectivity index (χ0) is 20.8. The Kier molecular flexibility index (Phi) is 6.21. The third kappa shape index (κ3) is 5.18. The first-order chi connectivity index (χ1) is 14.0. The predicted molar refractivity (Wildman–Crippen MR) is 109 cm³/mol. The minimum absolute atomic E-state index is 0.213. The van der Waals surface area contributed by atoms with Crippen LogP contribution >= 0.6 is 11.6 Å². The van der Waals surface area contributed by atoms with E-state index in [0.29, 0.717) is 22.2 Å². The number of ketones is 1. The number of halogens is 1. The number of nitrogens with zero attached hydrogens (tertiary/aromatic N) is 1. The quantitative estimate of drug-likeness (QED) is 0.477. The molecule has 0 saturated heterocycles. The maximum Gasteiger partial charge on any atom is 0.296 e. The van der Waals surface area contributed by atoms with Gasteiger partial charge in [-0.1, -0.05) is 11.6 Å². The molecule has 7 nitrogen and oxygen atoms in total. The molecule has 0 radical (unpaired) electrons. The van der Waals surface area contributed by atoms with E-state index in [-0.39, 0.29) is 17.2 Å². The third-order valence-electron chi connectivity index (χ3n) is 3.85. The zero-order valence-corrected chi connectivity index (χ0v) is 16.1. The highest BCUT2D eigenvalue weighted by atomic mass is 35.5. The predicted octanol–water partition coefficient (Wildman–Crippen LogP) is 3.71. The fourth-order valence-corrected chi connectivity index (χ4v) is 2.52. The molecule has 8 heteroatoms. The average Bonchev–Trinajstić information content (AvgIpc) is 2.75. The average molecular weight is 410 g/mol. The van der Waals surface area contributed by atoms with Gasteiger partial charge >= 0.3 is 0 Å². The minimum Gasteiger partial charge on any atom is -0.457 e. The van der Waals surface area contributed by atoms with Gasteiger partial charge in [0.15, 0.2) is 0 Å². The van der Waals surface area contributed by atoms with Crippen LogP contribution in [0.15, 0.2) is 66.9 Å². The molecule has 0 aliphatic carbocycles. The lowest BCUT2D eigenvalue weighted by Gasteiger charge is -2.08. The molecule has 0 unspecified atom stereocenters. The molecule has 0 spiro atoms. The number of Topliss-reactive ketones (excluding diaryl/α,β-unsaturated/α-hetero) is 1. The Morgan fingerprint density at radius 1 is 0.931 bits per heavy atom. The second kappa shape index (κ2) is 8.99. The van der Waals surface area contributed by atoms with Crippen LogP contribution in [0.25, 0.3) is 0 Å². The van der Waals surface area contributed by atoms with Gasteiger partial charge in [0.1, 0.15) is 17.2 Å². The van der Waals surface area contributed by atoms with Crippen LogP contribution in [0.5, 0.6) is 11.5 Å². The number of ether oxygens (including phenoxy) is 1. The summed E-state index contributed by atoms with van der Waals surface area (Å²) in [6.45, 7) is 0. The summed E-state index contributed by atoms with van der Waals surface area (Å²) in [5.41, 5.74) is 0.901. The number of pyridine rings is 1. The Morgan fingerprint density at radius 2 is 1.62 bits per heavy atom. The van der Waals surface area contributed by atoms with E-state index < -0.39 is 11.7 Å². The fourth-order valence-electron chi connectivity index (χ4n) is 2.39. The largest absolute Gasteiger partial charge is 0.457 e. The van der Waals surface area contributed by atoms with E-state index in [4.69, 9.17) is 16.3 Å². The van der Waals surface area contributed by atoms with Crippen LogP contribution in [-0.4, -0.2) is 29.6 Å². The molecule has 146 valence electrons. The Hall–Kier alpha value is -3.71. The van der Waals surface area contributed by atoms with E-state index in [1.54, 1.807) is 42.5 Å². The van der Waals surface area contributed by atoms with Crippen molar-refractivity contribution in [3.63, 3.8) is 0 Å². The molecule has 2 aromatic carbocycles. The highest BCUT2D eigenvalue weighted by Crippen LogP contribution is 2.22. The molecular weight excluding hydrogens is 394 g/mol. The van der Waals surface area contributed by atoms with Crippen molar-refractivity contribution in [1.82, 2.24) is 10.3 Å². The normalized spacial score (nSPS) is 10.1. The number of nitrogens with one attached hydrogen (secondary N) is 2. The molecule has 0 atom stereocenters. The van der Waals surface area contributed by atoms with Crippen LogP contribution in [0.2, 0.25) is 5.02 Å². The van der Waals surface area contributed by atoms with Crippen molar-refractivity contribution in [3.05, 3.63) is 83.1 Å². The second-order valence-electron chi connectivity index (χ2n) is 5.87. The molecule has 0 aliphatic heterocycles. The van der Waals surface area contributed by atoms with Crippen molar-refractivity contribution in [3.8, 4) is 11.5 Å². The fraction of sp³-hybridized carbons (Fsp3) is 0.0476. The molecule has 0 bridgehead atoms. The summed E-state index contributed by atoms with van der Waals surface area (Å²) in [6.07, 6.45) is 1.46. The Bertz CT molecular complexity index is 1050. The van der Waals surface area contributed by atoms with Gasteiger partial charge < -0.3 is 15.4 Å². The van der Waals surface area contributed by atoms with E-state index >= 15 is 0 Å². The molecule has 1 heterocycles. The van der Waals surface area contributed by atoms with E-state index in [9.17, 15) is 14.4 Å². The lowest BCUT2D eigenvalue weighted by molar-refractivity contribution is -0.112. The molecular formula is C21H16ClN3O4. The van der Waals surface area contributed by atoms with Crippen LogP contribution in [0.3, 0.4) is 0 Å². The van der Waals surface area contributed by atoms with E-state index in [1.807, 2.05) is 0 Å². The number of hydrogen-bond donors (Lipinski definition) is 2. The SMILES string of the molecule is CNC(=O)c1cc(Oc2ccc(C(=O)C(=O)Nc3ccc(Cl)cc3)cc2)ccn1. The maximum atomic E-state index is 12.3. The van der Waals surface area contributed by atoms with Crippen LogP contribution in [0, 0.1) is 0 Å². The van der Waals surface area contributed by atoms with Crippen molar-refractivity contribution >= 4 is 34.9 Å². The van der Waals surface area contributed by atoms with Gasteiger partial charge in [0.25, 0.3) is 17.6 Å². The van der Waals surface area contributed by atoms with Gasteiger partial charge in [0, 0.05) is 35.6 Å². The topological polar surface area (TPSA) is 97.4 Å². The van der Waals surface area contributed by atoms with Gasteiger partial charge in [-0.2, -0.15) is 0 Å². The standard InChI is InChI=1S/C21H16ClN3O4/c1-23-20(27)18-12-17(10-11-24-18)29-16-8-2-13(3-9-16)19(26)21(28)25-15-6-4-14(22)5-7-15/h2-12H,1H3,(H,23,27)(H,25,28). The molecule has 0 fully saturated rings. The lowest BCUT2D eigenvalue weighted by Crippen LogP contribution is -2.22. The number of anilines is 1. The van der Waals surface area contributed by atoms with Crippen molar-refractivity contribution < 1.29 is 19.1 Å². The van der Waals surface area contributed by atoms with E-state index in [2.05, 4.69) is 15.6 Å². The van der Waals surface area contributed by atoms with Gasteiger partial charge in [-0.05, 0) is 54.6 Å². The smallest absolute Gasteiger partial charge is 0.296 e. The molecule has 2 N–H and O–H groups in total. The van der Waals surface area contributed by atoms with Gasteiger partial charge in [0.05, 0.1) is 0 Å². The lowest BCUT2D eigenvalue weighted by atomic mass is 10.1. The van der Waals surface area contributed by atoms with Gasteiger partial charge in [-0.3, -0.25) is 19.4 Å². The molecule has 3 rings (SSSR count). The molecule has 0 aliphatic rings. The second-order valence-corrected chi connectivity index (χ2v) is 6.31. The molecule has 2 amide bonds. The number of aromatic nitrogens is 1. The number of hydrogen-bond acceptors (Lipinski definition) is 5. The van der Waals surface area contributed by atoms with Crippen molar-refractivity contribution in [2.45, 2.75) is 0 Å². The van der Waals surface area contributed by atoms with Gasteiger partial charge in [-0.25, -0.2) is 0 Å². The van der Waals surface area contributed by atoms with Crippen LogP contribution < -0.4 is 15.4 Å². The number of carbonyl (C=O) groups is 3. The summed E-state index contributed by atoms with van der Waals surface area (Å²) in [7, 11) is 1.51. The summed E-state index contributed by atoms with van der Waals surface area (Å²) < 4.78 is 5.67. The number of rotatable bonds is 6. The Morgan fingerprint density at radius 3 is 2.28 bits per heavy atom. The maximum absolute atomic E-state index is 12.3. The highest BCUT2D eigenvalue weighted by molar-refractivity contribution is 6.46. The summed E-state index contributed by atoms with van der Waals surface area (Å²) >= 11 is 5.80. The summed E-state index contributed by atoms with van der Waals surface area (Å²) in [5.74, 6) is -0.919. The van der Waals surface area contributed by atoms with Gasteiger partial charge in [0.2, 0.25) is 0 Å². The number of amides is 2. The van der Waals surface area contributed by atoms with E-state index in [1.165, 1.54) is 31.4 Å². The van der Waals surface area contributed by atoms with Crippen LogP contribution in [0.1, 0.15) is 20.8 Å². The van der Waals surface area contributed by atoms with E-state index in [0.717, 1.165) is 0 Å². The monoisotopic (exact) mass is 409 g/mol. The molecule has 3 aromatic rings. The van der Waals surface area contributed by atoms with Crippen LogP contribution in [-0.2, 0) is 4.79 Å². The zero-order valence-electron chi connectivity index (χ0n) is 15.3. The summed E-state index contributed by atoms with van der Waals surface area (Å²) in [6, 6.07) is 15.6.